The molecule has 194 valence electrons. The van der Waals surface area contributed by atoms with Gasteiger partial charge in [0.15, 0.2) is 0 Å². The summed E-state index contributed by atoms with van der Waals surface area (Å²) >= 11 is 0. The Morgan fingerprint density at radius 1 is 1.31 bits per heavy atom. The monoisotopic (exact) mass is 486 g/mol. The topological polar surface area (TPSA) is 88.5 Å². The number of nitrogens with two attached hydrogens (primary N) is 1. The van der Waals surface area contributed by atoms with Crippen molar-refractivity contribution in [2.45, 2.75) is 67.0 Å². The van der Waals surface area contributed by atoms with Gasteiger partial charge in [-0.1, -0.05) is 40.3 Å². The number of nitrogens with zero attached hydrogens (tertiary/aromatic N) is 4. The number of fused-ring (bicyclic) bond motifs is 1. The Bertz CT molecular complexity index is 966. The second-order valence-electron chi connectivity index (χ2n) is 7.39. The molecule has 3 rings (SSSR count). The van der Waals surface area contributed by atoms with E-state index in [2.05, 4.69) is 60.0 Å². The van der Waals surface area contributed by atoms with Crippen LogP contribution in [-0.2, 0) is 17.8 Å². The molecule has 1 aliphatic rings. The average Bonchev–Trinajstić information content (AvgIpc) is 3.33. The van der Waals surface area contributed by atoms with Crippen LogP contribution in [0.2, 0.25) is 0 Å². The zero-order valence-electron chi connectivity index (χ0n) is 22.4. The van der Waals surface area contributed by atoms with Crippen molar-refractivity contribution >= 4 is 18.3 Å². The average molecular weight is 487 g/mol. The summed E-state index contributed by atoms with van der Waals surface area (Å²) in [7, 11) is 1.94. The zero-order chi connectivity index (χ0) is 27.0. The van der Waals surface area contributed by atoms with Crippen molar-refractivity contribution in [1.82, 2.24) is 15.1 Å². The first-order valence-corrected chi connectivity index (χ1v) is 12.1. The smallest absolute Gasteiger partial charge is 0.224 e. The largest absolute Gasteiger partial charge is 0.384 e. The van der Waals surface area contributed by atoms with Gasteiger partial charge in [-0.2, -0.15) is 5.10 Å². The summed E-state index contributed by atoms with van der Waals surface area (Å²) in [6.45, 7) is 19.5. The van der Waals surface area contributed by atoms with Crippen LogP contribution in [-0.4, -0.2) is 42.0 Å². The van der Waals surface area contributed by atoms with E-state index in [0.717, 1.165) is 48.8 Å². The van der Waals surface area contributed by atoms with E-state index in [9.17, 15) is 9.18 Å². The Morgan fingerprint density at radius 3 is 2.49 bits per heavy atom. The molecule has 3 N–H and O–H groups in total. The molecule has 1 atom stereocenters. The van der Waals surface area contributed by atoms with Gasteiger partial charge in [0.1, 0.15) is 11.6 Å². The third kappa shape index (κ3) is 10.3. The molecule has 0 unspecified atom stereocenters. The molecular formula is C27H43FN6O. The highest BCUT2D eigenvalue weighted by Crippen LogP contribution is 2.34. The highest BCUT2D eigenvalue weighted by Gasteiger charge is 2.26. The summed E-state index contributed by atoms with van der Waals surface area (Å²) in [5, 5.41) is 7.54. The SMILES string of the molecule is C=N/C(N)=C\C(=C)F.CC.CC.CNCCn1cc(-c2ccc3c(c2)CC[C@H](C)N3C(C)=O)cn1. The number of likely N-dealkylation sites (N-methyl/N-ethyl adjacent to an activating group) is 1. The Balaban J connectivity index is 0.000000817. The molecular weight excluding hydrogens is 443 g/mol. The van der Waals surface area contributed by atoms with Crippen LogP contribution in [0.15, 0.2) is 59.9 Å². The molecule has 0 saturated carbocycles. The van der Waals surface area contributed by atoms with Crippen molar-refractivity contribution in [3.8, 4) is 11.1 Å². The van der Waals surface area contributed by atoms with Gasteiger partial charge in [0.05, 0.1) is 12.7 Å². The number of hydrogen-bond donors (Lipinski definition) is 2. The minimum Gasteiger partial charge on any atom is -0.384 e. The lowest BCUT2D eigenvalue weighted by Crippen LogP contribution is -2.40. The van der Waals surface area contributed by atoms with E-state index in [1.807, 2.05) is 50.5 Å². The van der Waals surface area contributed by atoms with Gasteiger partial charge in [0, 0.05) is 43.0 Å². The van der Waals surface area contributed by atoms with E-state index >= 15 is 0 Å². The molecule has 0 radical (unpaired) electrons. The summed E-state index contributed by atoms with van der Waals surface area (Å²) < 4.78 is 13.7. The molecule has 7 nitrogen and oxygen atoms in total. The number of anilines is 1. The van der Waals surface area contributed by atoms with E-state index in [1.165, 1.54) is 5.56 Å². The molecule has 2 heterocycles. The van der Waals surface area contributed by atoms with Gasteiger partial charge in [-0.3, -0.25) is 9.48 Å². The number of aliphatic imine (C=N–C) groups is 1. The van der Waals surface area contributed by atoms with Crippen LogP contribution in [0, 0.1) is 0 Å². The third-order valence-electron chi connectivity index (χ3n) is 5.00. The molecule has 0 fully saturated rings. The zero-order valence-corrected chi connectivity index (χ0v) is 22.4. The molecule has 0 aliphatic carbocycles. The Hall–Kier alpha value is -3.26. The maximum atomic E-state index is 11.9. The number of aryl methyl sites for hydroxylation is 1. The second-order valence-corrected chi connectivity index (χ2v) is 7.39. The fourth-order valence-corrected chi connectivity index (χ4v) is 3.48. The van der Waals surface area contributed by atoms with Crippen LogP contribution in [0.5, 0.6) is 0 Å². The predicted octanol–water partition coefficient (Wildman–Crippen LogP) is 5.48. The summed E-state index contributed by atoms with van der Waals surface area (Å²) in [5.74, 6) is -0.460. The van der Waals surface area contributed by atoms with Crippen LogP contribution in [0.4, 0.5) is 10.1 Å². The van der Waals surface area contributed by atoms with Gasteiger partial charge >= 0.3 is 0 Å². The number of halogens is 1. The van der Waals surface area contributed by atoms with E-state index in [4.69, 9.17) is 5.73 Å². The van der Waals surface area contributed by atoms with Gasteiger partial charge in [-0.05, 0) is 56.8 Å². The second kappa shape index (κ2) is 17.2. The van der Waals surface area contributed by atoms with E-state index in [-0.39, 0.29) is 17.8 Å². The Kier molecular flexibility index (Phi) is 15.6. The Morgan fingerprint density at radius 2 is 1.97 bits per heavy atom. The van der Waals surface area contributed by atoms with Crippen molar-refractivity contribution in [2.24, 2.45) is 10.7 Å². The molecule has 0 bridgehead atoms. The fraction of sp³-hybridized carbons (Fsp3) is 0.444. The van der Waals surface area contributed by atoms with Crippen molar-refractivity contribution in [2.75, 3.05) is 18.5 Å². The first-order valence-electron chi connectivity index (χ1n) is 12.1. The van der Waals surface area contributed by atoms with Gasteiger partial charge in [0.2, 0.25) is 5.91 Å². The number of nitrogens with one attached hydrogen (secondary N) is 1. The predicted molar refractivity (Wildman–Crippen MR) is 147 cm³/mol. The molecule has 2 aromatic rings. The number of amides is 1. The normalized spacial score (nSPS) is 14.1. The van der Waals surface area contributed by atoms with Crippen molar-refractivity contribution < 1.29 is 9.18 Å². The lowest BCUT2D eigenvalue weighted by atomic mass is 9.94. The highest BCUT2D eigenvalue weighted by molar-refractivity contribution is 5.94. The van der Waals surface area contributed by atoms with Crippen molar-refractivity contribution in [3.63, 3.8) is 0 Å². The summed E-state index contributed by atoms with van der Waals surface area (Å²) in [6, 6.07) is 6.64. The number of carbonyl (C=O) groups excluding carboxylic acids is 1. The Labute approximate surface area is 210 Å². The maximum Gasteiger partial charge on any atom is 0.224 e. The first-order chi connectivity index (χ1) is 16.8. The van der Waals surface area contributed by atoms with E-state index < -0.39 is 5.83 Å². The molecule has 1 amide bonds. The third-order valence-corrected chi connectivity index (χ3v) is 5.00. The molecule has 0 spiro atoms. The highest BCUT2D eigenvalue weighted by atomic mass is 19.1. The number of hydrogen-bond acceptors (Lipinski definition) is 5. The van der Waals surface area contributed by atoms with Crippen molar-refractivity contribution in [1.29, 1.82) is 0 Å². The van der Waals surface area contributed by atoms with Crippen LogP contribution in [0.3, 0.4) is 0 Å². The first kappa shape index (κ1) is 31.7. The minimum atomic E-state index is -0.616. The van der Waals surface area contributed by atoms with Gasteiger partial charge < -0.3 is 16.0 Å². The van der Waals surface area contributed by atoms with Crippen molar-refractivity contribution in [3.05, 3.63) is 60.5 Å². The van der Waals surface area contributed by atoms with Crippen LogP contribution in [0.25, 0.3) is 11.1 Å². The van der Waals surface area contributed by atoms with E-state index in [1.54, 1.807) is 6.92 Å². The fourth-order valence-electron chi connectivity index (χ4n) is 3.48. The lowest BCUT2D eigenvalue weighted by molar-refractivity contribution is -0.117. The van der Waals surface area contributed by atoms with Crippen LogP contribution < -0.4 is 16.0 Å². The number of benzene rings is 1. The standard InChI is InChI=1S/C18H24N4O.C5H7FN2.2C2H6/c1-13-4-5-16-10-15(6-7-18(16)22(13)14(2)23)17-11-20-21(12-17)9-8-19-3;1-4(6)3-5(7)8-2;2*1-2/h6-7,10-13,19H,4-5,8-9H2,1-3H3;3H,1-2,7H2;2*1-2H3/b;5-3-;;/t13-;;;/m0.../s1. The molecule has 1 aliphatic heterocycles. The lowest BCUT2D eigenvalue weighted by Gasteiger charge is -2.34. The molecule has 0 saturated heterocycles. The van der Waals surface area contributed by atoms with Gasteiger partial charge in [-0.25, -0.2) is 9.38 Å². The molecule has 1 aromatic heterocycles. The van der Waals surface area contributed by atoms with Crippen LogP contribution in [0.1, 0.15) is 53.5 Å². The number of aromatic nitrogens is 2. The van der Waals surface area contributed by atoms with Gasteiger partial charge in [-0.15, -0.1) is 0 Å². The minimum absolute atomic E-state index is 0.0394. The summed E-state index contributed by atoms with van der Waals surface area (Å²) in [5.41, 5.74) is 9.60. The molecule has 8 heteroatoms. The number of rotatable bonds is 6. The quantitative estimate of drug-likeness (QED) is 0.418. The molecule has 1 aromatic carbocycles. The maximum absolute atomic E-state index is 11.9. The molecule has 35 heavy (non-hydrogen) atoms. The number of allylic oxidation sites excluding steroid dienone is 2. The number of carbonyl (C=O) groups is 1. The van der Waals surface area contributed by atoms with Gasteiger partial charge in [0.25, 0.3) is 0 Å². The van der Waals surface area contributed by atoms with E-state index in [0.29, 0.717) is 0 Å². The van der Waals surface area contributed by atoms with Crippen LogP contribution >= 0.6 is 0 Å². The summed E-state index contributed by atoms with van der Waals surface area (Å²) in [4.78, 5) is 17.1. The summed E-state index contributed by atoms with van der Waals surface area (Å²) in [6.07, 6.45) is 7.01.